The Morgan fingerprint density at radius 3 is 2.39 bits per heavy atom. The van der Waals surface area contributed by atoms with Crippen molar-refractivity contribution in [2.75, 3.05) is 6.54 Å². The van der Waals surface area contributed by atoms with E-state index in [1.165, 1.54) is 0 Å². The van der Waals surface area contributed by atoms with Crippen LogP contribution in [0.5, 0.6) is 0 Å². The van der Waals surface area contributed by atoms with Gasteiger partial charge in [0.25, 0.3) is 0 Å². The molecular weight excluding hydrogens is 222 g/mol. The molecule has 0 aromatic carbocycles. The molecule has 2 heteroatoms. The highest BCUT2D eigenvalue weighted by Crippen LogP contribution is 1.94. The monoisotopic (exact) mass is 247 g/mol. The molecule has 0 radical (unpaired) electrons. The number of allylic oxidation sites excluding steroid dienone is 7. The minimum Gasteiger partial charge on any atom is -0.352 e. The van der Waals surface area contributed by atoms with E-state index >= 15 is 0 Å². The predicted octanol–water partition coefficient (Wildman–Crippen LogP) is 3.78. The van der Waals surface area contributed by atoms with Crippen molar-refractivity contribution < 1.29 is 4.79 Å². The summed E-state index contributed by atoms with van der Waals surface area (Å²) in [6, 6.07) is 0. The molecule has 0 atom stereocenters. The molecule has 1 amide bonds. The van der Waals surface area contributed by atoms with Crippen molar-refractivity contribution in [3.8, 4) is 0 Å². The van der Waals surface area contributed by atoms with Crippen LogP contribution in [0.25, 0.3) is 0 Å². The molecule has 0 rings (SSSR count). The topological polar surface area (TPSA) is 29.1 Å². The maximum atomic E-state index is 11.3. The summed E-state index contributed by atoms with van der Waals surface area (Å²) in [7, 11) is 0. The molecule has 1 N–H and O–H groups in total. The van der Waals surface area contributed by atoms with Crippen LogP contribution in [0.4, 0.5) is 0 Å². The Kier molecular flexibility index (Phi) is 10.9. The van der Waals surface area contributed by atoms with Crippen LogP contribution in [0.1, 0.15) is 33.6 Å². The second-order valence-electron chi connectivity index (χ2n) is 4.46. The number of amides is 1. The molecule has 0 spiro atoms. The lowest BCUT2D eigenvalue weighted by molar-refractivity contribution is -0.116. The van der Waals surface area contributed by atoms with Gasteiger partial charge in [0.15, 0.2) is 0 Å². The minimum atomic E-state index is 0.000610. The van der Waals surface area contributed by atoms with Gasteiger partial charge >= 0.3 is 0 Å². The molecular formula is C16H25NO. The summed E-state index contributed by atoms with van der Waals surface area (Å²) in [5, 5.41) is 2.84. The molecule has 0 aliphatic carbocycles. The van der Waals surface area contributed by atoms with Gasteiger partial charge in [0.05, 0.1) is 0 Å². The lowest BCUT2D eigenvalue weighted by atomic mass is 10.2. The highest BCUT2D eigenvalue weighted by Gasteiger charge is 1.96. The van der Waals surface area contributed by atoms with E-state index in [4.69, 9.17) is 0 Å². The molecule has 0 aromatic rings. The van der Waals surface area contributed by atoms with Crippen LogP contribution < -0.4 is 5.32 Å². The van der Waals surface area contributed by atoms with Crippen LogP contribution in [-0.2, 0) is 4.79 Å². The Hall–Kier alpha value is -1.57. The molecule has 0 saturated heterocycles. The highest BCUT2D eigenvalue weighted by molar-refractivity contribution is 5.87. The largest absolute Gasteiger partial charge is 0.352 e. The standard InChI is InChI=1S/C16H25NO/c1-4-5-6-7-8-9-10-11-12-13-16(18)17-14-15(2)3/h4-9,12-13,15H,10-11,14H2,1-3H3,(H,17,18). The number of unbranched alkanes of at least 4 members (excludes halogenated alkanes) is 1. The lowest BCUT2D eigenvalue weighted by Crippen LogP contribution is -2.25. The summed E-state index contributed by atoms with van der Waals surface area (Å²) < 4.78 is 0. The zero-order valence-electron chi connectivity index (χ0n) is 11.7. The molecule has 0 bridgehead atoms. The number of carbonyl (C=O) groups excluding carboxylic acids is 1. The van der Waals surface area contributed by atoms with Crippen LogP contribution in [0, 0.1) is 5.92 Å². The van der Waals surface area contributed by atoms with Gasteiger partial charge in [-0.3, -0.25) is 4.79 Å². The summed E-state index contributed by atoms with van der Waals surface area (Å²) in [6.45, 7) is 6.88. The molecule has 0 fully saturated rings. The number of rotatable bonds is 8. The molecule has 100 valence electrons. The average molecular weight is 247 g/mol. The van der Waals surface area contributed by atoms with Gasteiger partial charge in [-0.2, -0.15) is 0 Å². The molecule has 2 nitrogen and oxygen atoms in total. The number of hydrogen-bond donors (Lipinski definition) is 1. The van der Waals surface area contributed by atoms with Gasteiger partial charge in [-0.05, 0) is 31.8 Å². The highest BCUT2D eigenvalue weighted by atomic mass is 16.1. The summed E-state index contributed by atoms with van der Waals surface area (Å²) in [4.78, 5) is 11.3. The van der Waals surface area contributed by atoms with Crippen molar-refractivity contribution in [2.45, 2.75) is 33.6 Å². The first-order valence-electron chi connectivity index (χ1n) is 6.55. The van der Waals surface area contributed by atoms with E-state index in [0.29, 0.717) is 5.92 Å². The maximum Gasteiger partial charge on any atom is 0.243 e. The van der Waals surface area contributed by atoms with Crippen LogP contribution in [-0.4, -0.2) is 12.5 Å². The van der Waals surface area contributed by atoms with Crippen molar-refractivity contribution in [2.24, 2.45) is 5.92 Å². The number of carbonyl (C=O) groups is 1. The third-order valence-corrected chi connectivity index (χ3v) is 2.12. The van der Waals surface area contributed by atoms with Crippen molar-refractivity contribution in [1.82, 2.24) is 5.32 Å². The summed E-state index contributed by atoms with van der Waals surface area (Å²) >= 11 is 0. The maximum absolute atomic E-state index is 11.3. The van der Waals surface area contributed by atoms with Gasteiger partial charge in [0.2, 0.25) is 5.91 Å². The minimum absolute atomic E-state index is 0.000610. The van der Waals surface area contributed by atoms with E-state index in [1.807, 2.05) is 43.4 Å². The zero-order chi connectivity index (χ0) is 13.6. The second kappa shape index (κ2) is 11.9. The Balaban J connectivity index is 3.61. The number of nitrogens with one attached hydrogen (secondary N) is 1. The third-order valence-electron chi connectivity index (χ3n) is 2.12. The van der Waals surface area contributed by atoms with E-state index in [1.54, 1.807) is 6.08 Å². The molecule has 0 saturated carbocycles. The molecule has 0 heterocycles. The fourth-order valence-corrected chi connectivity index (χ4v) is 1.16. The van der Waals surface area contributed by atoms with Crippen LogP contribution >= 0.6 is 0 Å². The van der Waals surface area contributed by atoms with Crippen LogP contribution in [0.3, 0.4) is 0 Å². The van der Waals surface area contributed by atoms with Gasteiger partial charge in [0.1, 0.15) is 0 Å². The van der Waals surface area contributed by atoms with E-state index < -0.39 is 0 Å². The first-order valence-corrected chi connectivity index (χ1v) is 6.55. The van der Waals surface area contributed by atoms with E-state index in [2.05, 4.69) is 25.2 Å². The van der Waals surface area contributed by atoms with E-state index in [9.17, 15) is 4.79 Å². The van der Waals surface area contributed by atoms with Crippen molar-refractivity contribution in [1.29, 1.82) is 0 Å². The first kappa shape index (κ1) is 16.4. The smallest absolute Gasteiger partial charge is 0.243 e. The summed E-state index contributed by atoms with van der Waals surface area (Å²) in [5.74, 6) is 0.495. The normalized spacial score (nSPS) is 12.7. The quantitative estimate of drug-likeness (QED) is 0.395. The Bertz CT molecular complexity index is 322. The predicted molar refractivity (Wildman–Crippen MR) is 79.3 cm³/mol. The summed E-state index contributed by atoms with van der Waals surface area (Å²) in [5.41, 5.74) is 0. The van der Waals surface area contributed by atoms with E-state index in [-0.39, 0.29) is 5.91 Å². The molecule has 0 aromatic heterocycles. The van der Waals surface area contributed by atoms with E-state index in [0.717, 1.165) is 19.4 Å². The SMILES string of the molecule is CC=CC=CC=CCCC=CC(=O)NCC(C)C. The fraction of sp³-hybridized carbons (Fsp3) is 0.438. The van der Waals surface area contributed by atoms with Gasteiger partial charge in [-0.25, -0.2) is 0 Å². The van der Waals surface area contributed by atoms with Gasteiger partial charge < -0.3 is 5.32 Å². The van der Waals surface area contributed by atoms with Crippen LogP contribution in [0.2, 0.25) is 0 Å². The fourth-order valence-electron chi connectivity index (χ4n) is 1.16. The molecule has 0 aliphatic rings. The van der Waals surface area contributed by atoms with Crippen LogP contribution in [0.15, 0.2) is 48.6 Å². The first-order chi connectivity index (χ1) is 8.66. The Morgan fingerprint density at radius 1 is 1.06 bits per heavy atom. The van der Waals surface area contributed by atoms with Crippen molar-refractivity contribution in [3.05, 3.63) is 48.6 Å². The lowest BCUT2D eigenvalue weighted by Gasteiger charge is -2.03. The van der Waals surface area contributed by atoms with Crippen molar-refractivity contribution >= 4 is 5.91 Å². The third kappa shape index (κ3) is 12.5. The van der Waals surface area contributed by atoms with Gasteiger partial charge in [0, 0.05) is 6.54 Å². The second-order valence-corrected chi connectivity index (χ2v) is 4.46. The van der Waals surface area contributed by atoms with Gasteiger partial charge in [-0.1, -0.05) is 56.4 Å². The molecule has 0 aliphatic heterocycles. The van der Waals surface area contributed by atoms with Crippen molar-refractivity contribution in [3.63, 3.8) is 0 Å². The van der Waals surface area contributed by atoms with Gasteiger partial charge in [-0.15, -0.1) is 0 Å². The number of hydrogen-bond acceptors (Lipinski definition) is 1. The summed E-state index contributed by atoms with van der Waals surface area (Å²) in [6.07, 6.45) is 17.5. The zero-order valence-corrected chi connectivity index (χ0v) is 11.7. The Morgan fingerprint density at radius 2 is 1.72 bits per heavy atom. The Labute approximate surface area is 111 Å². The molecule has 18 heavy (non-hydrogen) atoms. The average Bonchev–Trinajstić information content (AvgIpc) is 2.34. The molecule has 0 unspecified atom stereocenters.